The summed E-state index contributed by atoms with van der Waals surface area (Å²) in [6, 6.07) is 5.69. The fourth-order valence-corrected chi connectivity index (χ4v) is 4.43. The van der Waals surface area contributed by atoms with Gasteiger partial charge in [-0.05, 0) is 30.4 Å². The fraction of sp³-hybridized carbons (Fsp3) is 0.278. The van der Waals surface area contributed by atoms with Gasteiger partial charge in [-0.15, -0.1) is 0 Å². The standard InChI is InChI=1S/C18H14ClN5O3/c19-11-4-2-1-3-10(11)9-5-18(6-9)15(25)24(17(27)23-18)13-8-20-7-12-14(13)22-16(26)21-12/h1-4,7-9,13H,5-6H2,(H,21,26)(H,23,27). The highest BCUT2D eigenvalue weighted by Crippen LogP contribution is 2.49. The molecule has 0 radical (unpaired) electrons. The van der Waals surface area contributed by atoms with E-state index < -0.39 is 23.6 Å². The smallest absolute Gasteiger partial charge is 0.323 e. The number of urea groups is 2. The van der Waals surface area contributed by atoms with Gasteiger partial charge in [0.25, 0.3) is 5.91 Å². The van der Waals surface area contributed by atoms with Gasteiger partial charge in [0.05, 0.1) is 17.6 Å². The highest BCUT2D eigenvalue weighted by Gasteiger charge is 2.61. The Bertz CT molecular complexity index is 992. The molecule has 1 saturated carbocycles. The number of aliphatic imine (C=N–C) groups is 2. The van der Waals surface area contributed by atoms with Gasteiger partial charge in [0, 0.05) is 11.2 Å². The van der Waals surface area contributed by atoms with Gasteiger partial charge in [-0.3, -0.25) is 9.79 Å². The van der Waals surface area contributed by atoms with Crippen molar-refractivity contribution in [2.75, 3.05) is 0 Å². The minimum Gasteiger partial charge on any atom is -0.323 e. The lowest BCUT2D eigenvalue weighted by molar-refractivity contribution is -0.134. The molecule has 1 aromatic rings. The molecule has 1 saturated heterocycles. The molecule has 3 aliphatic heterocycles. The average Bonchev–Trinajstić information content (AvgIpc) is 3.11. The Hall–Kier alpha value is -3.00. The van der Waals surface area contributed by atoms with Crippen molar-refractivity contribution in [2.45, 2.75) is 30.3 Å². The average molecular weight is 384 g/mol. The van der Waals surface area contributed by atoms with E-state index in [0.717, 1.165) is 10.5 Å². The van der Waals surface area contributed by atoms with Gasteiger partial charge in [0.1, 0.15) is 11.6 Å². The van der Waals surface area contributed by atoms with E-state index in [9.17, 15) is 14.4 Å². The first-order chi connectivity index (χ1) is 13.0. The van der Waals surface area contributed by atoms with Gasteiger partial charge in [-0.25, -0.2) is 14.5 Å². The Balaban J connectivity index is 1.40. The number of hydrogen-bond donors (Lipinski definition) is 2. The Morgan fingerprint density at radius 3 is 2.74 bits per heavy atom. The van der Waals surface area contributed by atoms with Crippen LogP contribution in [0.3, 0.4) is 0 Å². The van der Waals surface area contributed by atoms with Gasteiger partial charge in [-0.2, -0.15) is 4.99 Å². The molecule has 0 aromatic heterocycles. The molecule has 2 N–H and O–H groups in total. The van der Waals surface area contributed by atoms with Crippen molar-refractivity contribution in [2.24, 2.45) is 9.98 Å². The lowest BCUT2D eigenvalue weighted by Gasteiger charge is -2.43. The van der Waals surface area contributed by atoms with E-state index >= 15 is 0 Å². The van der Waals surface area contributed by atoms with E-state index in [2.05, 4.69) is 20.6 Å². The first kappa shape index (κ1) is 16.2. The number of fused-ring (bicyclic) bond motifs is 1. The Morgan fingerprint density at radius 1 is 1.19 bits per heavy atom. The SMILES string of the molecule is O=C1N=C2C(=CN=CC2N2C(=O)NC3(CC(c4ccccc4Cl)C3)C2=O)N1. The summed E-state index contributed by atoms with van der Waals surface area (Å²) in [6.45, 7) is 0. The normalized spacial score (nSPS) is 31.3. The monoisotopic (exact) mass is 383 g/mol. The van der Waals surface area contributed by atoms with Crippen LogP contribution in [-0.2, 0) is 4.79 Å². The summed E-state index contributed by atoms with van der Waals surface area (Å²) in [5.41, 5.74) is 0.783. The molecule has 9 heteroatoms. The van der Waals surface area contributed by atoms with Crippen molar-refractivity contribution in [3.8, 4) is 0 Å². The number of amides is 5. The van der Waals surface area contributed by atoms with Crippen molar-refractivity contribution in [3.63, 3.8) is 0 Å². The van der Waals surface area contributed by atoms with Crippen LogP contribution in [0.4, 0.5) is 9.59 Å². The van der Waals surface area contributed by atoms with Gasteiger partial charge < -0.3 is 10.6 Å². The molecule has 1 atom stereocenters. The molecule has 5 amide bonds. The molecule has 5 rings (SSSR count). The van der Waals surface area contributed by atoms with E-state index in [1.165, 1.54) is 12.4 Å². The third-order valence-electron chi connectivity index (χ3n) is 5.46. The maximum Gasteiger partial charge on any atom is 0.345 e. The zero-order valence-electron chi connectivity index (χ0n) is 14.0. The van der Waals surface area contributed by atoms with E-state index in [0.29, 0.717) is 29.3 Å². The Labute approximate surface area is 159 Å². The second kappa shape index (κ2) is 5.50. The Kier molecular flexibility index (Phi) is 3.30. The van der Waals surface area contributed by atoms with Crippen LogP contribution in [0.15, 0.2) is 46.1 Å². The lowest BCUT2D eigenvalue weighted by Crippen LogP contribution is -2.57. The minimum absolute atomic E-state index is 0.102. The van der Waals surface area contributed by atoms with Crippen molar-refractivity contribution >= 4 is 41.5 Å². The minimum atomic E-state index is -0.938. The van der Waals surface area contributed by atoms with Crippen LogP contribution >= 0.6 is 11.6 Å². The predicted molar refractivity (Wildman–Crippen MR) is 97.9 cm³/mol. The number of rotatable bonds is 2. The van der Waals surface area contributed by atoms with E-state index in [1.54, 1.807) is 0 Å². The highest BCUT2D eigenvalue weighted by atomic mass is 35.5. The van der Waals surface area contributed by atoms with Crippen LogP contribution in [0.5, 0.6) is 0 Å². The van der Waals surface area contributed by atoms with Crippen LogP contribution in [-0.4, -0.2) is 46.4 Å². The van der Waals surface area contributed by atoms with Crippen molar-refractivity contribution in [1.82, 2.24) is 15.5 Å². The molecular formula is C18H14ClN5O3. The summed E-state index contributed by atoms with van der Waals surface area (Å²) in [5, 5.41) is 6.03. The van der Waals surface area contributed by atoms with Gasteiger partial charge >= 0.3 is 12.1 Å². The largest absolute Gasteiger partial charge is 0.345 e. The third-order valence-corrected chi connectivity index (χ3v) is 5.80. The number of nitrogens with one attached hydrogen (secondary N) is 2. The highest BCUT2D eigenvalue weighted by molar-refractivity contribution is 6.31. The van der Waals surface area contributed by atoms with E-state index in [4.69, 9.17) is 11.6 Å². The van der Waals surface area contributed by atoms with Crippen LogP contribution in [0.25, 0.3) is 0 Å². The number of nitrogens with zero attached hydrogens (tertiary/aromatic N) is 3. The van der Waals surface area contributed by atoms with Gasteiger partial charge in [-0.1, -0.05) is 29.8 Å². The molecule has 3 heterocycles. The van der Waals surface area contributed by atoms with Crippen molar-refractivity contribution in [1.29, 1.82) is 0 Å². The molecule has 8 nitrogen and oxygen atoms in total. The molecule has 1 unspecified atom stereocenters. The van der Waals surface area contributed by atoms with Crippen molar-refractivity contribution < 1.29 is 14.4 Å². The third kappa shape index (κ3) is 2.26. The second-order valence-electron chi connectivity index (χ2n) is 7.03. The molecule has 4 aliphatic rings. The number of hydrogen-bond acceptors (Lipinski definition) is 4. The summed E-state index contributed by atoms with van der Waals surface area (Å²) in [6.07, 6.45) is 3.86. The molecule has 136 valence electrons. The first-order valence-electron chi connectivity index (χ1n) is 8.52. The zero-order chi connectivity index (χ0) is 18.8. The molecule has 1 aliphatic carbocycles. The fourth-order valence-electron chi connectivity index (χ4n) is 4.14. The van der Waals surface area contributed by atoms with E-state index in [-0.39, 0.29) is 11.8 Å². The lowest BCUT2D eigenvalue weighted by atomic mass is 9.65. The van der Waals surface area contributed by atoms with Gasteiger partial charge in [0.2, 0.25) is 0 Å². The summed E-state index contributed by atoms with van der Waals surface area (Å²) in [5.74, 6) is -0.221. The maximum atomic E-state index is 13.1. The second-order valence-corrected chi connectivity index (χ2v) is 7.43. The molecular weight excluding hydrogens is 370 g/mol. The van der Waals surface area contributed by atoms with Gasteiger partial charge in [0.15, 0.2) is 0 Å². The first-order valence-corrected chi connectivity index (χ1v) is 8.90. The van der Waals surface area contributed by atoms with Crippen LogP contribution in [0, 0.1) is 0 Å². The molecule has 2 fully saturated rings. The topological polar surface area (TPSA) is 103 Å². The number of carbonyl (C=O) groups is 3. The van der Waals surface area contributed by atoms with Crippen molar-refractivity contribution in [3.05, 3.63) is 46.7 Å². The van der Waals surface area contributed by atoms with Crippen LogP contribution < -0.4 is 10.6 Å². The molecule has 1 spiro atoms. The van der Waals surface area contributed by atoms with E-state index in [1.807, 2.05) is 24.3 Å². The van der Waals surface area contributed by atoms with Crippen LogP contribution in [0.2, 0.25) is 5.02 Å². The Morgan fingerprint density at radius 2 is 1.96 bits per heavy atom. The number of carbonyl (C=O) groups excluding carboxylic acids is 3. The molecule has 0 bridgehead atoms. The summed E-state index contributed by atoms with van der Waals surface area (Å²) < 4.78 is 0. The zero-order valence-corrected chi connectivity index (χ0v) is 14.7. The number of imide groups is 1. The predicted octanol–water partition coefficient (Wildman–Crippen LogP) is 1.97. The maximum absolute atomic E-state index is 13.1. The molecule has 1 aromatic carbocycles. The molecule has 27 heavy (non-hydrogen) atoms. The number of halogens is 1. The summed E-state index contributed by atoms with van der Waals surface area (Å²) in [7, 11) is 0. The number of benzene rings is 1. The van der Waals surface area contributed by atoms with Crippen LogP contribution in [0.1, 0.15) is 24.3 Å². The quantitative estimate of drug-likeness (QED) is 0.763. The summed E-state index contributed by atoms with van der Waals surface area (Å²) in [4.78, 5) is 46.3. The summed E-state index contributed by atoms with van der Waals surface area (Å²) >= 11 is 6.26.